The minimum atomic E-state index is -4.32. The predicted molar refractivity (Wildman–Crippen MR) is 111 cm³/mol. The van der Waals surface area contributed by atoms with Gasteiger partial charge in [0.15, 0.2) is 0 Å². The molecule has 7 heteroatoms. The van der Waals surface area contributed by atoms with Gasteiger partial charge in [0.05, 0.1) is 5.56 Å². The lowest BCUT2D eigenvalue weighted by atomic mass is 10.0. The standard InChI is InChI=1S/C23H26F3N3O/c24-23(25,26)19-8-4-9-20(16-19)27-12-14-28(15-13-27)21-10-5-11-29(17-21)22(30)18-6-2-1-3-7-18/h1-4,6-9,16,21H,5,10-15,17H2. The average Bonchev–Trinajstić information content (AvgIpc) is 2.79. The normalized spacial score (nSPS) is 21.0. The second kappa shape index (κ2) is 8.68. The van der Waals surface area contributed by atoms with Crippen LogP contribution in [0.2, 0.25) is 0 Å². The molecule has 0 saturated carbocycles. The Bertz CT molecular complexity index is 863. The molecule has 0 aromatic heterocycles. The molecule has 1 unspecified atom stereocenters. The Morgan fingerprint density at radius 2 is 1.63 bits per heavy atom. The third-order valence-electron chi connectivity index (χ3n) is 6.07. The van der Waals surface area contributed by atoms with Gasteiger partial charge in [0.1, 0.15) is 0 Å². The van der Waals surface area contributed by atoms with Gasteiger partial charge >= 0.3 is 6.18 Å². The number of rotatable bonds is 3. The lowest BCUT2D eigenvalue weighted by Gasteiger charge is -2.44. The van der Waals surface area contributed by atoms with E-state index in [1.807, 2.05) is 40.1 Å². The third kappa shape index (κ3) is 4.61. The Morgan fingerprint density at radius 3 is 2.33 bits per heavy atom. The van der Waals surface area contributed by atoms with Gasteiger partial charge in [0.2, 0.25) is 0 Å². The Labute approximate surface area is 174 Å². The van der Waals surface area contributed by atoms with Crippen molar-refractivity contribution in [2.75, 3.05) is 44.2 Å². The van der Waals surface area contributed by atoms with E-state index in [-0.39, 0.29) is 5.91 Å². The van der Waals surface area contributed by atoms with Crippen LogP contribution >= 0.6 is 0 Å². The van der Waals surface area contributed by atoms with Gasteiger partial charge in [-0.15, -0.1) is 0 Å². The van der Waals surface area contributed by atoms with Crippen molar-refractivity contribution in [2.45, 2.75) is 25.1 Å². The molecular formula is C23H26F3N3O. The summed E-state index contributed by atoms with van der Waals surface area (Å²) in [5.74, 6) is 0.0721. The summed E-state index contributed by atoms with van der Waals surface area (Å²) in [5.41, 5.74) is 0.728. The molecule has 0 radical (unpaired) electrons. The zero-order valence-electron chi connectivity index (χ0n) is 16.8. The molecule has 0 N–H and O–H groups in total. The van der Waals surface area contributed by atoms with Crippen LogP contribution in [0.25, 0.3) is 0 Å². The number of carbonyl (C=O) groups is 1. The maximum absolute atomic E-state index is 13.0. The Kier molecular flexibility index (Phi) is 5.99. The molecule has 4 nitrogen and oxygen atoms in total. The molecule has 4 rings (SSSR count). The van der Waals surface area contributed by atoms with Crippen molar-refractivity contribution >= 4 is 11.6 Å². The SMILES string of the molecule is O=C(c1ccccc1)N1CCCC(N2CCN(c3cccc(C(F)(F)F)c3)CC2)C1. The molecule has 30 heavy (non-hydrogen) atoms. The second-order valence-electron chi connectivity index (χ2n) is 7.98. The van der Waals surface area contributed by atoms with Crippen LogP contribution in [0.3, 0.4) is 0 Å². The van der Waals surface area contributed by atoms with Gasteiger partial charge in [-0.05, 0) is 43.2 Å². The van der Waals surface area contributed by atoms with Crippen molar-refractivity contribution in [3.63, 3.8) is 0 Å². The number of carbonyl (C=O) groups excluding carboxylic acids is 1. The Balaban J connectivity index is 1.35. The number of hydrogen-bond acceptors (Lipinski definition) is 3. The largest absolute Gasteiger partial charge is 0.416 e. The van der Waals surface area contributed by atoms with E-state index in [2.05, 4.69) is 4.90 Å². The van der Waals surface area contributed by atoms with Crippen LogP contribution in [-0.4, -0.2) is 61.0 Å². The number of benzene rings is 2. The van der Waals surface area contributed by atoms with Crippen LogP contribution in [0.5, 0.6) is 0 Å². The number of piperazine rings is 1. The number of amides is 1. The minimum Gasteiger partial charge on any atom is -0.369 e. The van der Waals surface area contributed by atoms with E-state index in [1.54, 1.807) is 6.07 Å². The van der Waals surface area contributed by atoms with Gasteiger partial charge in [0, 0.05) is 56.6 Å². The van der Waals surface area contributed by atoms with E-state index in [0.717, 1.165) is 38.5 Å². The summed E-state index contributed by atoms with van der Waals surface area (Å²) in [7, 11) is 0. The van der Waals surface area contributed by atoms with Gasteiger partial charge in [-0.1, -0.05) is 24.3 Å². The molecule has 0 spiro atoms. The molecule has 1 atom stereocenters. The van der Waals surface area contributed by atoms with Gasteiger partial charge < -0.3 is 9.80 Å². The molecule has 2 aromatic carbocycles. The summed E-state index contributed by atoms with van der Waals surface area (Å²) >= 11 is 0. The fourth-order valence-electron chi connectivity index (χ4n) is 4.42. The first kappa shape index (κ1) is 20.7. The zero-order chi connectivity index (χ0) is 21.1. The summed E-state index contributed by atoms with van der Waals surface area (Å²) in [4.78, 5) is 19.1. The van der Waals surface area contributed by atoms with Crippen LogP contribution in [0.15, 0.2) is 54.6 Å². The number of hydrogen-bond donors (Lipinski definition) is 0. The molecule has 160 valence electrons. The zero-order valence-corrected chi connectivity index (χ0v) is 16.8. The summed E-state index contributed by atoms with van der Waals surface area (Å²) in [6.07, 6.45) is -2.31. The third-order valence-corrected chi connectivity index (χ3v) is 6.07. The summed E-state index contributed by atoms with van der Waals surface area (Å²) in [6, 6.07) is 15.2. The highest BCUT2D eigenvalue weighted by Gasteiger charge is 2.32. The van der Waals surface area contributed by atoms with E-state index in [0.29, 0.717) is 36.9 Å². The predicted octanol–water partition coefficient (Wildman–Crippen LogP) is 4.13. The molecular weight excluding hydrogens is 391 g/mol. The van der Waals surface area contributed by atoms with Crippen LogP contribution in [0.4, 0.5) is 18.9 Å². The molecule has 0 aliphatic carbocycles. The minimum absolute atomic E-state index is 0.0721. The fraction of sp³-hybridized carbons (Fsp3) is 0.435. The van der Waals surface area contributed by atoms with Gasteiger partial charge in [0.25, 0.3) is 5.91 Å². The second-order valence-corrected chi connectivity index (χ2v) is 7.98. The summed E-state index contributed by atoms with van der Waals surface area (Å²) in [5, 5.41) is 0. The summed E-state index contributed by atoms with van der Waals surface area (Å²) < 4.78 is 39.0. The Hall–Kier alpha value is -2.54. The first-order valence-electron chi connectivity index (χ1n) is 10.4. The number of halogens is 3. The molecule has 0 bridgehead atoms. The molecule has 2 saturated heterocycles. The highest BCUT2D eigenvalue weighted by atomic mass is 19.4. The van der Waals surface area contributed by atoms with Crippen LogP contribution < -0.4 is 4.90 Å². The van der Waals surface area contributed by atoms with Crippen molar-refractivity contribution in [3.05, 3.63) is 65.7 Å². The molecule has 1 amide bonds. The van der Waals surface area contributed by atoms with E-state index >= 15 is 0 Å². The maximum Gasteiger partial charge on any atom is 0.416 e. The molecule has 2 aromatic rings. The van der Waals surface area contributed by atoms with Gasteiger partial charge in [-0.3, -0.25) is 9.69 Å². The fourth-order valence-corrected chi connectivity index (χ4v) is 4.42. The van der Waals surface area contributed by atoms with Crippen molar-refractivity contribution < 1.29 is 18.0 Å². The number of likely N-dealkylation sites (tertiary alicyclic amines) is 1. The highest BCUT2D eigenvalue weighted by molar-refractivity contribution is 5.94. The van der Waals surface area contributed by atoms with Crippen molar-refractivity contribution in [1.29, 1.82) is 0 Å². The molecule has 2 heterocycles. The van der Waals surface area contributed by atoms with Crippen molar-refractivity contribution in [1.82, 2.24) is 9.80 Å². The maximum atomic E-state index is 13.0. The lowest BCUT2D eigenvalue weighted by Crippen LogP contribution is -2.55. The number of nitrogens with zero attached hydrogens (tertiary/aromatic N) is 3. The van der Waals surface area contributed by atoms with Crippen molar-refractivity contribution in [3.8, 4) is 0 Å². The first-order valence-corrected chi connectivity index (χ1v) is 10.4. The smallest absolute Gasteiger partial charge is 0.369 e. The van der Waals surface area contributed by atoms with Crippen LogP contribution in [0, 0.1) is 0 Å². The quantitative estimate of drug-likeness (QED) is 0.751. The van der Waals surface area contributed by atoms with E-state index in [1.165, 1.54) is 12.1 Å². The summed E-state index contributed by atoms with van der Waals surface area (Å²) in [6.45, 7) is 4.42. The molecule has 2 fully saturated rings. The molecule has 2 aliphatic heterocycles. The lowest BCUT2D eigenvalue weighted by molar-refractivity contribution is -0.137. The number of alkyl halides is 3. The van der Waals surface area contributed by atoms with Crippen molar-refractivity contribution in [2.24, 2.45) is 0 Å². The highest BCUT2D eigenvalue weighted by Crippen LogP contribution is 2.32. The Morgan fingerprint density at radius 1 is 0.900 bits per heavy atom. The van der Waals surface area contributed by atoms with Gasteiger partial charge in [-0.25, -0.2) is 0 Å². The molecule has 2 aliphatic rings. The number of piperidine rings is 1. The van der Waals surface area contributed by atoms with E-state index < -0.39 is 11.7 Å². The van der Waals surface area contributed by atoms with Gasteiger partial charge in [-0.2, -0.15) is 13.2 Å². The average molecular weight is 417 g/mol. The van der Waals surface area contributed by atoms with E-state index in [9.17, 15) is 18.0 Å². The monoisotopic (exact) mass is 417 g/mol. The topological polar surface area (TPSA) is 26.8 Å². The number of anilines is 1. The first-order chi connectivity index (χ1) is 14.4. The van der Waals surface area contributed by atoms with Crippen LogP contribution in [0.1, 0.15) is 28.8 Å². The van der Waals surface area contributed by atoms with E-state index in [4.69, 9.17) is 0 Å². The van der Waals surface area contributed by atoms with Crippen LogP contribution in [-0.2, 0) is 6.18 Å².